The lowest BCUT2D eigenvalue weighted by Gasteiger charge is -2.34. The molecule has 0 aromatic heterocycles. The molecule has 0 aliphatic carbocycles. The fraction of sp³-hybridized carbons (Fsp3) is 0.357. The molecular formula is C14H16O3. The Morgan fingerprint density at radius 3 is 2.82 bits per heavy atom. The highest BCUT2D eigenvalue weighted by Gasteiger charge is 2.31. The first-order chi connectivity index (χ1) is 8.09. The summed E-state index contributed by atoms with van der Waals surface area (Å²) in [6.45, 7) is 4.01. The van der Waals surface area contributed by atoms with Gasteiger partial charge in [0.05, 0.1) is 0 Å². The van der Waals surface area contributed by atoms with Crippen molar-refractivity contribution in [1.29, 1.82) is 0 Å². The maximum atomic E-state index is 10.8. The Labute approximate surface area is 101 Å². The molecule has 1 aromatic rings. The van der Waals surface area contributed by atoms with E-state index in [-0.39, 0.29) is 5.78 Å². The van der Waals surface area contributed by atoms with Gasteiger partial charge in [-0.3, -0.25) is 4.79 Å². The van der Waals surface area contributed by atoms with E-state index in [0.717, 1.165) is 11.5 Å². The molecule has 17 heavy (non-hydrogen) atoms. The highest BCUT2D eigenvalue weighted by Crippen LogP contribution is 2.36. The van der Waals surface area contributed by atoms with Gasteiger partial charge >= 0.3 is 0 Å². The second kappa shape index (κ2) is 4.62. The second-order valence-electron chi connectivity index (χ2n) is 4.50. The molecule has 0 saturated heterocycles. The number of hydrogen-bond donors (Lipinski definition) is 0. The van der Waals surface area contributed by atoms with Gasteiger partial charge in [-0.2, -0.15) is 0 Å². The van der Waals surface area contributed by atoms with E-state index in [2.05, 4.69) is 0 Å². The summed E-state index contributed by atoms with van der Waals surface area (Å²) in [5.41, 5.74) is -0.402. The van der Waals surface area contributed by atoms with Gasteiger partial charge in [0.2, 0.25) is 0 Å². The van der Waals surface area contributed by atoms with Crippen molar-refractivity contribution in [2.24, 2.45) is 0 Å². The van der Waals surface area contributed by atoms with E-state index < -0.39 is 5.60 Å². The van der Waals surface area contributed by atoms with Gasteiger partial charge in [-0.1, -0.05) is 18.2 Å². The molecule has 0 N–H and O–H groups in total. The van der Waals surface area contributed by atoms with Crippen molar-refractivity contribution in [3.05, 3.63) is 36.4 Å². The van der Waals surface area contributed by atoms with Gasteiger partial charge in [0.15, 0.2) is 17.3 Å². The van der Waals surface area contributed by atoms with Crippen molar-refractivity contribution in [2.75, 3.05) is 6.61 Å². The minimum absolute atomic E-state index is 0.0470. The molecule has 0 fully saturated rings. The van der Waals surface area contributed by atoms with E-state index in [0.29, 0.717) is 13.0 Å². The summed E-state index contributed by atoms with van der Waals surface area (Å²) in [4.78, 5) is 10.8. The molecule has 0 spiro atoms. The number of allylic oxidation sites excluding steroid dienone is 1. The SMILES string of the molecule is CC(=O)/C=C/CC1(C)COc2ccccc2O1. The lowest BCUT2D eigenvalue weighted by molar-refractivity contribution is -0.112. The first kappa shape index (κ1) is 11.7. The summed E-state index contributed by atoms with van der Waals surface area (Å²) < 4.78 is 11.6. The summed E-state index contributed by atoms with van der Waals surface area (Å²) in [6.07, 6.45) is 4.05. The molecule has 1 atom stereocenters. The van der Waals surface area contributed by atoms with Crippen LogP contribution in [0.3, 0.4) is 0 Å². The summed E-state index contributed by atoms with van der Waals surface area (Å²) in [5.74, 6) is 1.59. The normalized spacial score (nSPS) is 22.7. The van der Waals surface area contributed by atoms with E-state index in [9.17, 15) is 4.79 Å². The van der Waals surface area contributed by atoms with Crippen LogP contribution in [0.1, 0.15) is 20.3 Å². The molecule has 1 heterocycles. The Balaban J connectivity index is 2.07. The molecule has 1 aliphatic rings. The number of hydrogen-bond acceptors (Lipinski definition) is 3. The molecular weight excluding hydrogens is 216 g/mol. The van der Waals surface area contributed by atoms with Gasteiger partial charge in [0.1, 0.15) is 12.2 Å². The molecule has 0 bridgehead atoms. The number of benzene rings is 1. The lowest BCUT2D eigenvalue weighted by atomic mass is 10.0. The van der Waals surface area contributed by atoms with Crippen molar-refractivity contribution in [2.45, 2.75) is 25.9 Å². The number of para-hydroxylation sites is 2. The molecule has 2 rings (SSSR count). The van der Waals surface area contributed by atoms with Crippen LogP contribution in [0.5, 0.6) is 11.5 Å². The summed E-state index contributed by atoms with van der Waals surface area (Å²) in [5, 5.41) is 0. The molecule has 1 aliphatic heterocycles. The van der Waals surface area contributed by atoms with E-state index in [4.69, 9.17) is 9.47 Å². The maximum Gasteiger partial charge on any atom is 0.162 e. The monoisotopic (exact) mass is 232 g/mol. The smallest absolute Gasteiger partial charge is 0.162 e. The van der Waals surface area contributed by atoms with Gasteiger partial charge in [-0.25, -0.2) is 0 Å². The predicted molar refractivity (Wildman–Crippen MR) is 65.4 cm³/mol. The van der Waals surface area contributed by atoms with Gasteiger partial charge in [0, 0.05) is 6.42 Å². The minimum atomic E-state index is -0.402. The molecule has 0 saturated carbocycles. The minimum Gasteiger partial charge on any atom is -0.486 e. The standard InChI is InChI=1S/C14H16O3/c1-11(15)6-5-9-14(2)10-16-12-7-3-4-8-13(12)17-14/h3-8H,9-10H2,1-2H3/b6-5+. The van der Waals surface area contributed by atoms with Crippen LogP contribution in [0.25, 0.3) is 0 Å². The van der Waals surface area contributed by atoms with E-state index in [1.165, 1.54) is 6.92 Å². The van der Waals surface area contributed by atoms with E-state index in [1.54, 1.807) is 6.08 Å². The maximum absolute atomic E-state index is 10.8. The number of ketones is 1. The fourth-order valence-electron chi connectivity index (χ4n) is 1.75. The van der Waals surface area contributed by atoms with E-state index in [1.807, 2.05) is 37.3 Å². The molecule has 90 valence electrons. The Morgan fingerprint density at radius 1 is 1.41 bits per heavy atom. The zero-order chi connectivity index (χ0) is 12.3. The molecule has 1 unspecified atom stereocenters. The molecule has 3 nitrogen and oxygen atoms in total. The summed E-state index contributed by atoms with van der Waals surface area (Å²) >= 11 is 0. The van der Waals surface area contributed by atoms with Crippen LogP contribution in [-0.4, -0.2) is 18.0 Å². The first-order valence-electron chi connectivity index (χ1n) is 5.67. The van der Waals surface area contributed by atoms with Crippen LogP contribution in [0.15, 0.2) is 36.4 Å². The Morgan fingerprint density at radius 2 is 2.12 bits per heavy atom. The summed E-state index contributed by atoms with van der Waals surface area (Å²) in [7, 11) is 0. The van der Waals surface area contributed by atoms with Gasteiger partial charge in [-0.15, -0.1) is 0 Å². The van der Waals surface area contributed by atoms with Crippen LogP contribution in [0.4, 0.5) is 0 Å². The van der Waals surface area contributed by atoms with Gasteiger partial charge in [0.25, 0.3) is 0 Å². The van der Waals surface area contributed by atoms with Crippen molar-refractivity contribution in [3.63, 3.8) is 0 Å². The first-order valence-corrected chi connectivity index (χ1v) is 5.67. The average molecular weight is 232 g/mol. The second-order valence-corrected chi connectivity index (χ2v) is 4.50. The number of carbonyl (C=O) groups is 1. The van der Waals surface area contributed by atoms with Gasteiger partial charge in [-0.05, 0) is 32.1 Å². The van der Waals surface area contributed by atoms with Crippen LogP contribution in [0.2, 0.25) is 0 Å². The predicted octanol–water partition coefficient (Wildman–Crippen LogP) is 2.75. The zero-order valence-corrected chi connectivity index (χ0v) is 10.1. The number of ether oxygens (including phenoxy) is 2. The molecule has 3 heteroatoms. The largest absolute Gasteiger partial charge is 0.486 e. The zero-order valence-electron chi connectivity index (χ0n) is 10.1. The van der Waals surface area contributed by atoms with E-state index >= 15 is 0 Å². The third-order valence-corrected chi connectivity index (χ3v) is 2.64. The number of carbonyl (C=O) groups excluding carboxylic acids is 1. The average Bonchev–Trinajstić information content (AvgIpc) is 2.28. The third kappa shape index (κ3) is 2.87. The van der Waals surface area contributed by atoms with Crippen molar-refractivity contribution in [1.82, 2.24) is 0 Å². The molecule has 0 amide bonds. The Kier molecular flexibility index (Phi) is 3.18. The number of fused-ring (bicyclic) bond motifs is 1. The highest BCUT2D eigenvalue weighted by atomic mass is 16.6. The lowest BCUT2D eigenvalue weighted by Crippen LogP contribution is -2.41. The van der Waals surface area contributed by atoms with Crippen molar-refractivity contribution >= 4 is 5.78 Å². The third-order valence-electron chi connectivity index (χ3n) is 2.64. The Hall–Kier alpha value is -1.77. The van der Waals surface area contributed by atoms with Crippen molar-refractivity contribution < 1.29 is 14.3 Å². The van der Waals surface area contributed by atoms with Crippen LogP contribution < -0.4 is 9.47 Å². The Bertz CT molecular complexity index is 451. The molecule has 1 aromatic carbocycles. The topological polar surface area (TPSA) is 35.5 Å². The summed E-state index contributed by atoms with van der Waals surface area (Å²) in [6, 6.07) is 7.61. The molecule has 0 radical (unpaired) electrons. The van der Waals surface area contributed by atoms with Crippen LogP contribution in [-0.2, 0) is 4.79 Å². The highest BCUT2D eigenvalue weighted by molar-refractivity contribution is 5.87. The van der Waals surface area contributed by atoms with Crippen LogP contribution >= 0.6 is 0 Å². The van der Waals surface area contributed by atoms with Gasteiger partial charge < -0.3 is 9.47 Å². The van der Waals surface area contributed by atoms with Crippen molar-refractivity contribution in [3.8, 4) is 11.5 Å². The number of rotatable bonds is 3. The van der Waals surface area contributed by atoms with Crippen LogP contribution in [0, 0.1) is 0 Å². The quantitative estimate of drug-likeness (QED) is 0.752. The fourth-order valence-corrected chi connectivity index (χ4v) is 1.75.